The summed E-state index contributed by atoms with van der Waals surface area (Å²) in [4.78, 5) is 33.5. The average Bonchev–Trinajstić information content (AvgIpc) is 2.85. The summed E-state index contributed by atoms with van der Waals surface area (Å²) >= 11 is 0. The maximum absolute atomic E-state index is 12.8. The molecule has 1 atom stereocenters. The lowest BCUT2D eigenvalue weighted by Gasteiger charge is -2.19. The third kappa shape index (κ3) is 7.43. The van der Waals surface area contributed by atoms with Crippen molar-refractivity contribution in [1.82, 2.24) is 10.3 Å². The number of hydrogen-bond acceptors (Lipinski definition) is 9. The Morgan fingerprint density at radius 3 is 2.54 bits per heavy atom. The molecule has 4 N–H and O–H groups in total. The van der Waals surface area contributed by atoms with Crippen LogP contribution >= 0.6 is 0 Å². The maximum atomic E-state index is 12.8. The van der Waals surface area contributed by atoms with Gasteiger partial charge in [0.05, 0.1) is 30.7 Å². The van der Waals surface area contributed by atoms with Crippen LogP contribution in [0.5, 0.6) is 17.2 Å². The summed E-state index contributed by atoms with van der Waals surface area (Å²) in [5.74, 6) is 1.27. The Morgan fingerprint density at radius 2 is 1.89 bits per heavy atom. The monoisotopic (exact) mass is 483 g/mol. The first kappa shape index (κ1) is 27.1. The third-order valence-electron chi connectivity index (χ3n) is 5.00. The number of hydrogen-bond donors (Lipinski definition) is 3. The van der Waals surface area contributed by atoms with E-state index in [1.54, 1.807) is 18.2 Å². The summed E-state index contributed by atoms with van der Waals surface area (Å²) in [6, 6.07) is 12.1. The molecule has 0 saturated heterocycles. The van der Waals surface area contributed by atoms with Crippen molar-refractivity contribution in [3.8, 4) is 17.2 Å². The number of rotatable bonds is 10. The molecule has 0 saturated carbocycles. The number of carbonyl (C=O) groups excluding carboxylic acids is 3. The molecule has 0 aliphatic rings. The first-order valence-electron chi connectivity index (χ1n) is 10.9. The second-order valence-electron chi connectivity index (χ2n) is 7.41. The number of nitrogens with zero attached hydrogens (tertiary/aromatic N) is 1. The third-order valence-corrected chi connectivity index (χ3v) is 5.00. The number of nitrogens with two attached hydrogens (primary N) is 1. The minimum Gasteiger partial charge on any atom is -0.493 e. The Labute approximate surface area is 203 Å². The van der Waals surface area contributed by atoms with Crippen LogP contribution in [0.2, 0.25) is 0 Å². The van der Waals surface area contributed by atoms with Gasteiger partial charge in [-0.05, 0) is 49.7 Å². The largest absolute Gasteiger partial charge is 0.493 e. The number of amides is 1. The molecule has 0 spiro atoms. The summed E-state index contributed by atoms with van der Waals surface area (Å²) in [5.41, 5.74) is 8.85. The fourth-order valence-electron chi connectivity index (χ4n) is 3.35. The van der Waals surface area contributed by atoms with Crippen LogP contribution in [-0.4, -0.2) is 55.1 Å². The molecule has 0 radical (unpaired) electrons. The quantitative estimate of drug-likeness (QED) is 0.395. The zero-order chi connectivity index (χ0) is 25.8. The van der Waals surface area contributed by atoms with E-state index >= 15 is 0 Å². The van der Waals surface area contributed by atoms with Crippen molar-refractivity contribution >= 4 is 28.6 Å². The lowest BCUT2D eigenvalue weighted by molar-refractivity contribution is -0.191. The SMILES string of the molecule is CC[C@@H](COc1cccc2nc(C)cc(N)c12)NC(=O)c1ccc(OCCO)c(OC)c1.O=C=O. The summed E-state index contributed by atoms with van der Waals surface area (Å²) in [6.45, 7) is 4.19. The number of ether oxygens (including phenoxy) is 3. The van der Waals surface area contributed by atoms with E-state index in [0.717, 1.165) is 16.6 Å². The highest BCUT2D eigenvalue weighted by Gasteiger charge is 2.17. The Hall–Kier alpha value is -4.14. The van der Waals surface area contributed by atoms with E-state index in [2.05, 4.69) is 10.3 Å². The molecule has 0 unspecified atom stereocenters. The van der Waals surface area contributed by atoms with Crippen LogP contribution in [0, 0.1) is 6.92 Å². The lowest BCUT2D eigenvalue weighted by Crippen LogP contribution is -2.38. The lowest BCUT2D eigenvalue weighted by atomic mass is 10.1. The Bertz CT molecular complexity index is 1180. The summed E-state index contributed by atoms with van der Waals surface area (Å²) in [7, 11) is 1.50. The molecule has 0 fully saturated rings. The maximum Gasteiger partial charge on any atom is 0.373 e. The van der Waals surface area contributed by atoms with Gasteiger partial charge < -0.3 is 30.4 Å². The van der Waals surface area contributed by atoms with Gasteiger partial charge in [0.15, 0.2) is 11.5 Å². The van der Waals surface area contributed by atoms with Gasteiger partial charge in [0.25, 0.3) is 5.91 Å². The van der Waals surface area contributed by atoms with Crippen molar-refractivity contribution in [1.29, 1.82) is 0 Å². The second kappa shape index (κ2) is 13.5. The van der Waals surface area contributed by atoms with Crippen molar-refractivity contribution in [3.63, 3.8) is 0 Å². The minimum atomic E-state index is -0.248. The second-order valence-corrected chi connectivity index (χ2v) is 7.41. The average molecular weight is 484 g/mol. The highest BCUT2D eigenvalue weighted by atomic mass is 16.5. The van der Waals surface area contributed by atoms with Gasteiger partial charge in [-0.2, -0.15) is 9.59 Å². The number of nitrogen functional groups attached to an aromatic ring is 1. The molecule has 10 heteroatoms. The molecule has 1 aromatic heterocycles. The van der Waals surface area contributed by atoms with Gasteiger partial charge in [-0.15, -0.1) is 0 Å². The molecule has 2 aromatic carbocycles. The van der Waals surface area contributed by atoms with Crippen LogP contribution in [-0.2, 0) is 9.59 Å². The summed E-state index contributed by atoms with van der Waals surface area (Å²) in [6.07, 6.45) is 0.929. The van der Waals surface area contributed by atoms with E-state index in [4.69, 9.17) is 34.6 Å². The Balaban J connectivity index is 0.00000137. The van der Waals surface area contributed by atoms with Crippen molar-refractivity contribution in [3.05, 3.63) is 53.7 Å². The minimum absolute atomic E-state index is 0.110. The van der Waals surface area contributed by atoms with E-state index in [9.17, 15) is 4.79 Å². The molecule has 186 valence electrons. The normalized spacial score (nSPS) is 11.0. The predicted octanol–water partition coefficient (Wildman–Crippen LogP) is 2.51. The number of aliphatic hydroxyl groups is 1. The number of nitrogens with one attached hydrogen (secondary N) is 1. The van der Waals surface area contributed by atoms with E-state index in [1.165, 1.54) is 7.11 Å². The summed E-state index contributed by atoms with van der Waals surface area (Å²) in [5, 5.41) is 12.7. The number of pyridine rings is 1. The molecular formula is C25H29N3O7. The number of methoxy groups -OCH3 is 1. The van der Waals surface area contributed by atoms with Gasteiger partial charge in [0.1, 0.15) is 19.0 Å². The number of aryl methyl sites for hydroxylation is 1. The number of benzene rings is 2. The first-order valence-corrected chi connectivity index (χ1v) is 10.9. The topological polar surface area (TPSA) is 150 Å². The molecule has 3 aromatic rings. The van der Waals surface area contributed by atoms with E-state index in [1.807, 2.05) is 38.1 Å². The van der Waals surface area contributed by atoms with Crippen LogP contribution in [0.3, 0.4) is 0 Å². The predicted molar refractivity (Wildman–Crippen MR) is 129 cm³/mol. The molecule has 10 nitrogen and oxygen atoms in total. The first-order chi connectivity index (χ1) is 16.9. The number of carbonyl (C=O) groups is 1. The highest BCUT2D eigenvalue weighted by Crippen LogP contribution is 2.31. The standard InChI is InChI=1S/C24H29N3O5.CO2/c1-4-17(14-32-21-7-5-6-19-23(21)18(25)12-15(2)26-19)27-24(29)16-8-9-20(31-11-10-28)22(13-16)30-3;2-1-3/h5-9,12-13,17,28H,4,10-11,14H2,1-3H3,(H2,25,26)(H,27,29);/t17-;/m0./s1. The summed E-state index contributed by atoms with van der Waals surface area (Å²) < 4.78 is 16.7. The van der Waals surface area contributed by atoms with Crippen LogP contribution in [0.4, 0.5) is 5.69 Å². The van der Waals surface area contributed by atoms with Gasteiger partial charge in [-0.3, -0.25) is 9.78 Å². The molecule has 3 rings (SSSR count). The van der Waals surface area contributed by atoms with Gasteiger partial charge in [-0.25, -0.2) is 0 Å². The molecule has 1 amide bonds. The van der Waals surface area contributed by atoms with Crippen molar-refractivity contribution in [2.75, 3.05) is 32.7 Å². The number of aliphatic hydroxyl groups excluding tert-OH is 1. The van der Waals surface area contributed by atoms with Gasteiger partial charge in [-0.1, -0.05) is 13.0 Å². The fraction of sp³-hybridized carbons (Fsp3) is 0.320. The Morgan fingerprint density at radius 1 is 1.14 bits per heavy atom. The van der Waals surface area contributed by atoms with Crippen molar-refractivity contribution < 1.29 is 33.7 Å². The number of fused-ring (bicyclic) bond motifs is 1. The van der Waals surface area contributed by atoms with Crippen LogP contribution < -0.4 is 25.3 Å². The van der Waals surface area contributed by atoms with Gasteiger partial charge >= 0.3 is 6.15 Å². The van der Waals surface area contributed by atoms with Crippen LogP contribution in [0.25, 0.3) is 10.9 Å². The zero-order valence-corrected chi connectivity index (χ0v) is 19.9. The molecule has 1 heterocycles. The number of aromatic nitrogens is 1. The fourth-order valence-corrected chi connectivity index (χ4v) is 3.35. The molecule has 0 aliphatic carbocycles. The Kier molecular flexibility index (Phi) is 10.5. The van der Waals surface area contributed by atoms with E-state index < -0.39 is 0 Å². The highest BCUT2D eigenvalue weighted by molar-refractivity contribution is 5.96. The smallest absolute Gasteiger partial charge is 0.373 e. The molecule has 35 heavy (non-hydrogen) atoms. The zero-order valence-electron chi connectivity index (χ0n) is 19.9. The van der Waals surface area contributed by atoms with Crippen LogP contribution in [0.1, 0.15) is 29.4 Å². The van der Waals surface area contributed by atoms with Gasteiger partial charge in [0, 0.05) is 16.9 Å². The van der Waals surface area contributed by atoms with E-state index in [-0.39, 0.29) is 37.9 Å². The van der Waals surface area contributed by atoms with Crippen molar-refractivity contribution in [2.24, 2.45) is 0 Å². The van der Waals surface area contributed by atoms with Crippen molar-refractivity contribution in [2.45, 2.75) is 26.3 Å². The molecule has 0 bridgehead atoms. The number of anilines is 1. The van der Waals surface area contributed by atoms with Gasteiger partial charge in [0.2, 0.25) is 0 Å². The van der Waals surface area contributed by atoms with Crippen LogP contribution in [0.15, 0.2) is 42.5 Å². The van der Waals surface area contributed by atoms with E-state index in [0.29, 0.717) is 34.9 Å². The molecule has 0 aliphatic heterocycles. The molecular weight excluding hydrogens is 454 g/mol.